The Hall–Kier alpha value is -2.22. The average molecular weight is 265 g/mol. The lowest BCUT2D eigenvalue weighted by Crippen LogP contribution is -2.25. The van der Waals surface area contributed by atoms with Gasteiger partial charge in [-0.05, 0) is 18.9 Å². The number of aliphatic imine (C=N–C) groups is 1. The standard InChI is InChI=1S/C11H15N5O3/c12-11(14-7-9-2-1-5-19-9)15-10-4-3-8(6-13-10)16(17)18/h3-4,6,9H,1-2,5,7H2,(H3,12,13,14,15)/t9-/m0/s1. The van der Waals surface area contributed by atoms with Gasteiger partial charge in [-0.1, -0.05) is 0 Å². The minimum Gasteiger partial charge on any atom is -0.376 e. The highest BCUT2D eigenvalue weighted by atomic mass is 16.6. The fraction of sp³-hybridized carbons (Fsp3) is 0.455. The molecular weight excluding hydrogens is 250 g/mol. The van der Waals surface area contributed by atoms with Crippen LogP contribution in [0.15, 0.2) is 23.3 Å². The molecule has 0 aromatic carbocycles. The van der Waals surface area contributed by atoms with Crippen LogP contribution >= 0.6 is 0 Å². The maximum atomic E-state index is 10.5. The van der Waals surface area contributed by atoms with E-state index < -0.39 is 4.92 Å². The van der Waals surface area contributed by atoms with Crippen LogP contribution in [-0.4, -0.2) is 35.1 Å². The second kappa shape index (κ2) is 6.10. The number of ether oxygens (including phenoxy) is 1. The van der Waals surface area contributed by atoms with Gasteiger partial charge in [-0.25, -0.2) is 4.98 Å². The predicted molar refractivity (Wildman–Crippen MR) is 70.0 cm³/mol. The van der Waals surface area contributed by atoms with Gasteiger partial charge in [0.05, 0.1) is 17.6 Å². The van der Waals surface area contributed by atoms with Gasteiger partial charge in [0.2, 0.25) is 0 Å². The molecule has 1 aliphatic heterocycles. The maximum Gasteiger partial charge on any atom is 0.287 e. The van der Waals surface area contributed by atoms with Crippen LogP contribution in [0.1, 0.15) is 12.8 Å². The second-order valence-electron chi connectivity index (χ2n) is 4.14. The van der Waals surface area contributed by atoms with E-state index >= 15 is 0 Å². The molecule has 1 fully saturated rings. The summed E-state index contributed by atoms with van der Waals surface area (Å²) in [5.41, 5.74) is 5.62. The van der Waals surface area contributed by atoms with Gasteiger partial charge < -0.3 is 15.8 Å². The number of aromatic nitrogens is 1. The lowest BCUT2D eigenvalue weighted by atomic mass is 10.2. The Bertz CT molecular complexity index is 468. The first-order valence-electron chi connectivity index (χ1n) is 5.94. The fourth-order valence-corrected chi connectivity index (χ4v) is 1.73. The van der Waals surface area contributed by atoms with Crippen LogP contribution in [0.25, 0.3) is 0 Å². The Labute approximate surface area is 109 Å². The molecular formula is C11H15N5O3. The minimum atomic E-state index is -0.508. The first kappa shape index (κ1) is 13.2. The molecule has 0 aliphatic carbocycles. The van der Waals surface area contributed by atoms with Crippen molar-refractivity contribution in [3.63, 3.8) is 0 Å². The van der Waals surface area contributed by atoms with Gasteiger partial charge in [0.15, 0.2) is 5.96 Å². The van der Waals surface area contributed by atoms with E-state index in [1.54, 1.807) is 0 Å². The summed E-state index contributed by atoms with van der Waals surface area (Å²) in [6.07, 6.45) is 3.34. The highest BCUT2D eigenvalue weighted by molar-refractivity contribution is 5.91. The highest BCUT2D eigenvalue weighted by Gasteiger charge is 2.14. The summed E-state index contributed by atoms with van der Waals surface area (Å²) in [6, 6.07) is 2.83. The first-order valence-corrected chi connectivity index (χ1v) is 5.94. The summed E-state index contributed by atoms with van der Waals surface area (Å²) < 4.78 is 5.41. The van der Waals surface area contributed by atoms with Gasteiger partial charge in [-0.3, -0.25) is 15.1 Å². The van der Waals surface area contributed by atoms with Crippen LogP contribution in [0.5, 0.6) is 0 Å². The smallest absolute Gasteiger partial charge is 0.287 e. The van der Waals surface area contributed by atoms with Crippen molar-refractivity contribution in [2.24, 2.45) is 10.7 Å². The zero-order valence-electron chi connectivity index (χ0n) is 10.3. The van der Waals surface area contributed by atoms with Gasteiger partial charge >= 0.3 is 0 Å². The maximum absolute atomic E-state index is 10.5. The second-order valence-corrected chi connectivity index (χ2v) is 4.14. The highest BCUT2D eigenvalue weighted by Crippen LogP contribution is 2.13. The lowest BCUT2D eigenvalue weighted by Gasteiger charge is -2.07. The van der Waals surface area contributed by atoms with Crippen molar-refractivity contribution >= 4 is 17.5 Å². The quantitative estimate of drug-likeness (QED) is 0.361. The van der Waals surface area contributed by atoms with Gasteiger partial charge in [-0.15, -0.1) is 0 Å². The third kappa shape index (κ3) is 3.88. The SMILES string of the molecule is NC(=NC[C@@H]1CCCO1)Nc1ccc([N+](=O)[O-])cn1. The van der Waals surface area contributed by atoms with Crippen LogP contribution in [0, 0.1) is 10.1 Å². The Balaban J connectivity index is 1.88. The van der Waals surface area contributed by atoms with E-state index in [1.165, 1.54) is 12.1 Å². The normalized spacial score (nSPS) is 19.4. The molecule has 3 N–H and O–H groups in total. The van der Waals surface area contributed by atoms with E-state index in [2.05, 4.69) is 15.3 Å². The zero-order chi connectivity index (χ0) is 13.7. The van der Waals surface area contributed by atoms with Gasteiger partial charge in [-0.2, -0.15) is 0 Å². The van der Waals surface area contributed by atoms with E-state index in [0.29, 0.717) is 12.4 Å². The number of rotatable bonds is 4. The number of hydrogen-bond donors (Lipinski definition) is 2. The van der Waals surface area contributed by atoms with Crippen molar-refractivity contribution in [2.45, 2.75) is 18.9 Å². The molecule has 0 amide bonds. The number of nitrogens with two attached hydrogens (primary N) is 1. The van der Waals surface area contributed by atoms with Crippen molar-refractivity contribution in [1.82, 2.24) is 4.98 Å². The molecule has 19 heavy (non-hydrogen) atoms. The van der Waals surface area contributed by atoms with Gasteiger partial charge in [0.25, 0.3) is 5.69 Å². The molecule has 0 spiro atoms. The monoisotopic (exact) mass is 265 g/mol. The molecule has 0 bridgehead atoms. The van der Waals surface area contributed by atoms with Gasteiger partial charge in [0.1, 0.15) is 12.0 Å². The average Bonchev–Trinajstić information content (AvgIpc) is 2.90. The third-order valence-electron chi connectivity index (χ3n) is 2.70. The van der Waals surface area contributed by atoms with Crippen LogP contribution in [0.4, 0.5) is 11.5 Å². The number of nitro groups is 1. The molecule has 2 rings (SSSR count). The summed E-state index contributed by atoms with van der Waals surface area (Å²) >= 11 is 0. The summed E-state index contributed by atoms with van der Waals surface area (Å²) in [4.78, 5) is 18.0. The molecule has 102 valence electrons. The number of pyridine rings is 1. The molecule has 1 aliphatic rings. The van der Waals surface area contributed by atoms with Crippen LogP contribution in [-0.2, 0) is 4.74 Å². The third-order valence-corrected chi connectivity index (χ3v) is 2.70. The van der Waals surface area contributed by atoms with Gasteiger partial charge in [0, 0.05) is 12.7 Å². The van der Waals surface area contributed by atoms with Crippen molar-refractivity contribution in [2.75, 3.05) is 18.5 Å². The number of hydrogen-bond acceptors (Lipinski definition) is 5. The van der Waals surface area contributed by atoms with Crippen molar-refractivity contribution in [3.05, 3.63) is 28.4 Å². The summed E-state index contributed by atoms with van der Waals surface area (Å²) in [7, 11) is 0. The molecule has 1 aromatic heterocycles. The van der Waals surface area contributed by atoms with Crippen LogP contribution in [0.2, 0.25) is 0 Å². The number of nitrogens with one attached hydrogen (secondary N) is 1. The number of nitrogens with zero attached hydrogens (tertiary/aromatic N) is 3. The molecule has 1 aromatic rings. The number of guanidine groups is 1. The van der Waals surface area contributed by atoms with E-state index in [9.17, 15) is 10.1 Å². The van der Waals surface area contributed by atoms with E-state index in [1.807, 2.05) is 0 Å². The molecule has 0 radical (unpaired) electrons. The molecule has 2 heterocycles. The fourth-order valence-electron chi connectivity index (χ4n) is 1.73. The van der Waals surface area contributed by atoms with E-state index in [-0.39, 0.29) is 17.8 Å². The lowest BCUT2D eigenvalue weighted by molar-refractivity contribution is -0.385. The Morgan fingerprint density at radius 3 is 3.11 bits per heavy atom. The first-order chi connectivity index (χ1) is 9.15. The molecule has 0 unspecified atom stereocenters. The molecule has 1 atom stereocenters. The molecule has 8 nitrogen and oxygen atoms in total. The largest absolute Gasteiger partial charge is 0.376 e. The van der Waals surface area contributed by atoms with Crippen molar-refractivity contribution < 1.29 is 9.66 Å². The molecule has 0 saturated carbocycles. The summed E-state index contributed by atoms with van der Waals surface area (Å²) in [5.74, 6) is 0.635. The van der Waals surface area contributed by atoms with Crippen LogP contribution < -0.4 is 11.1 Å². The Morgan fingerprint density at radius 1 is 1.68 bits per heavy atom. The molecule has 1 saturated heterocycles. The topological polar surface area (TPSA) is 116 Å². The predicted octanol–water partition coefficient (Wildman–Crippen LogP) is 0.895. The van der Waals surface area contributed by atoms with E-state index in [0.717, 1.165) is 25.6 Å². The summed E-state index contributed by atoms with van der Waals surface area (Å²) in [5, 5.41) is 13.2. The van der Waals surface area contributed by atoms with E-state index in [4.69, 9.17) is 10.5 Å². The Morgan fingerprint density at radius 2 is 2.53 bits per heavy atom. The number of anilines is 1. The van der Waals surface area contributed by atoms with Crippen molar-refractivity contribution in [1.29, 1.82) is 0 Å². The van der Waals surface area contributed by atoms with Crippen LogP contribution in [0.3, 0.4) is 0 Å². The summed E-state index contributed by atoms with van der Waals surface area (Å²) in [6.45, 7) is 1.28. The Kier molecular flexibility index (Phi) is 4.24. The zero-order valence-corrected chi connectivity index (χ0v) is 10.3. The minimum absolute atomic E-state index is 0.0691. The van der Waals surface area contributed by atoms with Crippen molar-refractivity contribution in [3.8, 4) is 0 Å². The molecule has 8 heteroatoms.